The van der Waals surface area contributed by atoms with Crippen molar-refractivity contribution in [3.8, 4) is 0 Å². The van der Waals surface area contributed by atoms with Gasteiger partial charge in [-0.05, 0) is 148 Å². The molecule has 0 amide bonds. The van der Waals surface area contributed by atoms with Crippen LogP contribution in [0.1, 0.15) is 81.0 Å². The first-order valence-electron chi connectivity index (χ1n) is 24.4. The van der Waals surface area contributed by atoms with Gasteiger partial charge in [-0.15, -0.1) is 11.8 Å². The van der Waals surface area contributed by atoms with E-state index in [0.29, 0.717) is 47.6 Å². The van der Waals surface area contributed by atoms with Gasteiger partial charge in [-0.25, -0.2) is 0 Å². The largest absolute Gasteiger partial charge is 0.358 e. The third kappa shape index (κ3) is 6.56. The van der Waals surface area contributed by atoms with Crippen LogP contribution in [0, 0.1) is 47.3 Å². The predicted molar refractivity (Wildman–Crippen MR) is 268 cm³/mol. The van der Waals surface area contributed by atoms with Gasteiger partial charge in [0.1, 0.15) is 0 Å². The SMILES string of the molecule is CC1CC=CC2C3CCC(N(c4ccc(C5=CCC(C6(c7ccccc7)C7=C8C(=CC=CC8CC=C7)c7ccccc76)C=C5)cc4)C4C=CC(C5C=CC=CC5)CC4C)C=C3SC12. The van der Waals surface area contributed by atoms with Crippen molar-refractivity contribution < 1.29 is 0 Å². The van der Waals surface area contributed by atoms with Gasteiger partial charge in [0, 0.05) is 22.9 Å². The minimum Gasteiger partial charge on any atom is -0.358 e. The van der Waals surface area contributed by atoms with E-state index in [2.05, 4.69) is 213 Å². The normalized spacial score (nSPS) is 35.6. The summed E-state index contributed by atoms with van der Waals surface area (Å²) in [4.78, 5) is 4.52. The van der Waals surface area contributed by atoms with Gasteiger partial charge in [0.05, 0.1) is 11.5 Å². The van der Waals surface area contributed by atoms with Crippen molar-refractivity contribution in [3.05, 3.63) is 220 Å². The highest BCUT2D eigenvalue weighted by Gasteiger charge is 2.51. The van der Waals surface area contributed by atoms with Crippen molar-refractivity contribution in [3.63, 3.8) is 0 Å². The van der Waals surface area contributed by atoms with Crippen molar-refractivity contribution in [2.24, 2.45) is 47.3 Å². The number of allylic oxidation sites excluding steroid dienone is 20. The summed E-state index contributed by atoms with van der Waals surface area (Å²) in [5, 5.41) is 0.739. The number of nitrogens with zero attached hydrogens (tertiary/aromatic N) is 1. The quantitative estimate of drug-likeness (QED) is 0.218. The zero-order valence-corrected chi connectivity index (χ0v) is 37.8. The van der Waals surface area contributed by atoms with E-state index in [4.69, 9.17) is 0 Å². The van der Waals surface area contributed by atoms with Crippen molar-refractivity contribution in [1.82, 2.24) is 0 Å². The van der Waals surface area contributed by atoms with E-state index in [-0.39, 0.29) is 11.3 Å². The number of fused-ring (bicyclic) bond motifs is 5. The van der Waals surface area contributed by atoms with Crippen LogP contribution in [0.5, 0.6) is 0 Å². The van der Waals surface area contributed by atoms with Crippen LogP contribution >= 0.6 is 11.8 Å². The Kier molecular flexibility index (Phi) is 10.2. The first-order chi connectivity index (χ1) is 31.1. The highest BCUT2D eigenvalue weighted by Crippen LogP contribution is 2.60. The molecule has 1 nitrogen and oxygen atoms in total. The third-order valence-electron chi connectivity index (χ3n) is 16.7. The molecular formula is C61H61NS. The molecule has 8 aliphatic carbocycles. The van der Waals surface area contributed by atoms with E-state index < -0.39 is 0 Å². The molecule has 0 spiro atoms. The Bertz CT molecular complexity index is 2620. The van der Waals surface area contributed by atoms with Crippen LogP contribution in [0.25, 0.3) is 11.1 Å². The summed E-state index contributed by atoms with van der Waals surface area (Å²) in [6.07, 6.45) is 50.1. The molecule has 1 fully saturated rings. The molecular weight excluding hydrogens is 779 g/mol. The van der Waals surface area contributed by atoms with Gasteiger partial charge in [-0.1, -0.05) is 184 Å². The lowest BCUT2D eigenvalue weighted by Gasteiger charge is -2.50. The first-order valence-corrected chi connectivity index (χ1v) is 25.2. The summed E-state index contributed by atoms with van der Waals surface area (Å²) in [7, 11) is 0. The average molecular weight is 840 g/mol. The summed E-state index contributed by atoms with van der Waals surface area (Å²) in [6, 6.07) is 31.3. The second-order valence-corrected chi connectivity index (χ2v) is 21.4. The van der Waals surface area contributed by atoms with Gasteiger partial charge < -0.3 is 4.90 Å². The van der Waals surface area contributed by atoms with Gasteiger partial charge in [-0.2, -0.15) is 0 Å². The summed E-state index contributed by atoms with van der Waals surface area (Å²) >= 11 is 2.23. The van der Waals surface area contributed by atoms with Crippen LogP contribution in [-0.4, -0.2) is 17.3 Å². The molecule has 0 radical (unpaired) electrons. The minimum absolute atomic E-state index is 0.278. The lowest BCUT2D eigenvalue weighted by atomic mass is 9.52. The number of hydrogen-bond acceptors (Lipinski definition) is 2. The van der Waals surface area contributed by atoms with E-state index in [1.54, 1.807) is 4.91 Å². The van der Waals surface area contributed by atoms with Gasteiger partial charge >= 0.3 is 0 Å². The Balaban J connectivity index is 0.875. The van der Waals surface area contributed by atoms with Crippen LogP contribution in [0.2, 0.25) is 0 Å². The molecule has 12 unspecified atom stereocenters. The lowest BCUT2D eigenvalue weighted by Crippen LogP contribution is -2.48. The average Bonchev–Trinajstić information content (AvgIpc) is 3.73. The maximum absolute atomic E-state index is 2.84. The Morgan fingerprint density at radius 2 is 1.56 bits per heavy atom. The number of benzene rings is 3. The molecule has 1 heterocycles. The summed E-state index contributed by atoms with van der Waals surface area (Å²) in [5.74, 6) is 4.68. The monoisotopic (exact) mass is 839 g/mol. The molecule has 1 aliphatic heterocycles. The summed E-state index contributed by atoms with van der Waals surface area (Å²) < 4.78 is 0. The molecule has 316 valence electrons. The smallest absolute Gasteiger partial charge is 0.0525 e. The van der Waals surface area contributed by atoms with E-state index in [1.807, 2.05) is 0 Å². The van der Waals surface area contributed by atoms with Crippen LogP contribution in [0.15, 0.2) is 198 Å². The summed E-state index contributed by atoms with van der Waals surface area (Å²) in [6.45, 7) is 5.01. The van der Waals surface area contributed by atoms with Crippen LogP contribution in [0.3, 0.4) is 0 Å². The Morgan fingerprint density at radius 1 is 0.683 bits per heavy atom. The predicted octanol–water partition coefficient (Wildman–Crippen LogP) is 15.0. The topological polar surface area (TPSA) is 3.24 Å². The van der Waals surface area contributed by atoms with E-state index >= 15 is 0 Å². The zero-order valence-electron chi connectivity index (χ0n) is 37.0. The van der Waals surface area contributed by atoms with Crippen molar-refractivity contribution in [1.29, 1.82) is 0 Å². The summed E-state index contributed by atoms with van der Waals surface area (Å²) in [5.41, 5.74) is 12.4. The molecule has 0 saturated carbocycles. The molecule has 3 aromatic rings. The van der Waals surface area contributed by atoms with Crippen LogP contribution < -0.4 is 4.90 Å². The Labute approximate surface area is 380 Å². The zero-order chi connectivity index (χ0) is 42.1. The molecule has 0 bridgehead atoms. The van der Waals surface area contributed by atoms with Crippen molar-refractivity contribution >= 4 is 28.6 Å². The maximum Gasteiger partial charge on any atom is 0.0525 e. The molecule has 12 atom stereocenters. The molecule has 3 aromatic carbocycles. The third-order valence-corrected chi connectivity index (χ3v) is 18.5. The molecule has 63 heavy (non-hydrogen) atoms. The second kappa shape index (κ2) is 16.2. The van der Waals surface area contributed by atoms with E-state index in [9.17, 15) is 0 Å². The molecule has 0 N–H and O–H groups in total. The standard InChI is InChI=1S/C61H61NS/c1-40-14-11-23-54-52-36-35-50(39-58(52)63-60(40)54)62(57-37-30-46(38-41(57)2)42-15-5-3-6-16-42)49-33-28-44(29-34-49)43-26-31-48(32-27-43)61(47-19-7-4-8-20-47)55-24-10-9-21-51(55)53-22-12-17-45-18-13-25-56(61)59(45)53/h3-13,15,17,19-31,33-34,37,39-42,45-46,48,50,52,54,57,60H,14,16,18,32,35-36,38H2,1-2H3. The van der Waals surface area contributed by atoms with Gasteiger partial charge in [0.25, 0.3) is 0 Å². The van der Waals surface area contributed by atoms with Crippen molar-refractivity contribution in [2.75, 3.05) is 4.90 Å². The molecule has 12 rings (SSSR count). The lowest BCUT2D eigenvalue weighted by molar-refractivity contribution is 0.308. The highest BCUT2D eigenvalue weighted by molar-refractivity contribution is 8.04. The van der Waals surface area contributed by atoms with Gasteiger partial charge in [-0.3, -0.25) is 0 Å². The van der Waals surface area contributed by atoms with Gasteiger partial charge in [0.2, 0.25) is 0 Å². The fourth-order valence-corrected chi connectivity index (χ4v) is 15.5. The van der Waals surface area contributed by atoms with Crippen LogP contribution in [-0.2, 0) is 5.41 Å². The molecule has 1 saturated heterocycles. The molecule has 2 heteroatoms. The maximum atomic E-state index is 2.84. The second-order valence-electron chi connectivity index (χ2n) is 20.2. The number of rotatable bonds is 7. The Morgan fingerprint density at radius 3 is 2.38 bits per heavy atom. The van der Waals surface area contributed by atoms with Crippen molar-refractivity contribution in [2.45, 2.75) is 81.5 Å². The highest BCUT2D eigenvalue weighted by atomic mass is 32.2. The molecule has 9 aliphatic rings. The van der Waals surface area contributed by atoms with E-state index in [0.717, 1.165) is 30.4 Å². The van der Waals surface area contributed by atoms with Gasteiger partial charge in [0.15, 0.2) is 0 Å². The fourth-order valence-electron chi connectivity index (χ4n) is 13.7. The first kappa shape index (κ1) is 39.5. The number of hydrogen-bond donors (Lipinski definition) is 0. The Hall–Kier alpha value is -5.05. The number of thioether (sulfide) groups is 1. The molecule has 0 aromatic heterocycles. The van der Waals surface area contributed by atoms with E-state index in [1.165, 1.54) is 75.9 Å². The van der Waals surface area contributed by atoms with Crippen LogP contribution in [0.4, 0.5) is 5.69 Å². The minimum atomic E-state index is -0.280. The number of anilines is 1. The fraction of sp³-hybridized carbons (Fsp3) is 0.344.